The maximum absolute atomic E-state index is 6.09. The van der Waals surface area contributed by atoms with Crippen molar-refractivity contribution >= 4 is 5.69 Å². The van der Waals surface area contributed by atoms with E-state index in [2.05, 4.69) is 5.10 Å². The number of ether oxygens (including phenoxy) is 1. The summed E-state index contributed by atoms with van der Waals surface area (Å²) in [6, 6.07) is 0.471. The van der Waals surface area contributed by atoms with Crippen LogP contribution in [-0.4, -0.2) is 22.0 Å². The lowest BCUT2D eigenvalue weighted by Gasteiger charge is -2.43. The fourth-order valence-electron chi connectivity index (χ4n) is 3.32. The molecule has 1 unspecified atom stereocenters. The summed E-state index contributed by atoms with van der Waals surface area (Å²) in [6.45, 7) is 0.866. The van der Waals surface area contributed by atoms with Crippen molar-refractivity contribution in [3.8, 4) is 0 Å². The molecule has 4 nitrogen and oxygen atoms in total. The molecule has 2 fully saturated rings. The SMILES string of the molecule is Nc1cnn(C2CCOC3(CCCCC3)C2)c1. The van der Waals surface area contributed by atoms with Gasteiger partial charge in [-0.15, -0.1) is 0 Å². The van der Waals surface area contributed by atoms with Gasteiger partial charge in [-0.3, -0.25) is 4.68 Å². The van der Waals surface area contributed by atoms with Crippen LogP contribution in [-0.2, 0) is 4.74 Å². The minimum Gasteiger partial charge on any atom is -0.396 e. The van der Waals surface area contributed by atoms with Crippen molar-refractivity contribution in [3.05, 3.63) is 12.4 Å². The Morgan fingerprint density at radius 2 is 2.18 bits per heavy atom. The zero-order chi connectivity index (χ0) is 11.7. The van der Waals surface area contributed by atoms with E-state index in [9.17, 15) is 0 Å². The van der Waals surface area contributed by atoms with Gasteiger partial charge < -0.3 is 10.5 Å². The molecule has 1 aliphatic carbocycles. The van der Waals surface area contributed by atoms with Crippen LogP contribution >= 0.6 is 0 Å². The Balaban J connectivity index is 1.74. The van der Waals surface area contributed by atoms with Crippen LogP contribution in [0.3, 0.4) is 0 Å². The Labute approximate surface area is 102 Å². The third kappa shape index (κ3) is 2.18. The Kier molecular flexibility index (Phi) is 2.82. The molecule has 4 heteroatoms. The van der Waals surface area contributed by atoms with Gasteiger partial charge in [0.2, 0.25) is 0 Å². The van der Waals surface area contributed by atoms with Crippen molar-refractivity contribution in [3.63, 3.8) is 0 Å². The second-order valence-electron chi connectivity index (χ2n) is 5.49. The van der Waals surface area contributed by atoms with Gasteiger partial charge in [0.15, 0.2) is 0 Å². The van der Waals surface area contributed by atoms with E-state index >= 15 is 0 Å². The van der Waals surface area contributed by atoms with Gasteiger partial charge in [0, 0.05) is 12.8 Å². The minimum atomic E-state index is 0.141. The summed E-state index contributed by atoms with van der Waals surface area (Å²) < 4.78 is 8.13. The fourth-order valence-corrected chi connectivity index (χ4v) is 3.32. The van der Waals surface area contributed by atoms with Gasteiger partial charge in [-0.05, 0) is 25.7 Å². The zero-order valence-corrected chi connectivity index (χ0v) is 10.3. The summed E-state index contributed by atoms with van der Waals surface area (Å²) in [5, 5.41) is 4.35. The van der Waals surface area contributed by atoms with Crippen LogP contribution in [0.15, 0.2) is 12.4 Å². The highest BCUT2D eigenvalue weighted by Crippen LogP contribution is 2.42. The number of rotatable bonds is 1. The lowest BCUT2D eigenvalue weighted by Crippen LogP contribution is -2.42. The Bertz CT molecular complexity index is 376. The van der Waals surface area contributed by atoms with Gasteiger partial charge in [0.05, 0.1) is 23.5 Å². The third-order valence-corrected chi connectivity index (χ3v) is 4.23. The lowest BCUT2D eigenvalue weighted by molar-refractivity contribution is -0.115. The normalized spacial score (nSPS) is 28.4. The summed E-state index contributed by atoms with van der Waals surface area (Å²) >= 11 is 0. The van der Waals surface area contributed by atoms with Crippen LogP contribution in [0.25, 0.3) is 0 Å². The first-order valence-electron chi connectivity index (χ1n) is 6.71. The van der Waals surface area contributed by atoms with Crippen molar-refractivity contribution in [2.45, 2.75) is 56.6 Å². The van der Waals surface area contributed by atoms with Crippen molar-refractivity contribution in [1.82, 2.24) is 9.78 Å². The van der Waals surface area contributed by atoms with E-state index in [-0.39, 0.29) is 5.60 Å². The van der Waals surface area contributed by atoms with E-state index in [0.717, 1.165) is 25.1 Å². The lowest BCUT2D eigenvalue weighted by atomic mass is 9.78. The number of nitrogens with two attached hydrogens (primary N) is 1. The van der Waals surface area contributed by atoms with E-state index in [1.807, 2.05) is 10.9 Å². The molecule has 1 saturated carbocycles. The van der Waals surface area contributed by atoms with Crippen LogP contribution in [0.5, 0.6) is 0 Å². The molecule has 3 rings (SSSR count). The standard InChI is InChI=1S/C13H21N3O/c14-11-9-15-16(10-11)12-4-7-17-13(8-12)5-2-1-3-6-13/h9-10,12H,1-8,14H2. The number of anilines is 1. The van der Waals surface area contributed by atoms with E-state index in [0.29, 0.717) is 6.04 Å². The Morgan fingerprint density at radius 3 is 2.88 bits per heavy atom. The molecule has 0 aromatic carbocycles. The van der Waals surface area contributed by atoms with E-state index in [4.69, 9.17) is 10.5 Å². The summed E-state index contributed by atoms with van der Waals surface area (Å²) in [5.74, 6) is 0. The van der Waals surface area contributed by atoms with Gasteiger partial charge in [0.1, 0.15) is 0 Å². The Morgan fingerprint density at radius 1 is 1.35 bits per heavy atom. The maximum Gasteiger partial charge on any atom is 0.0719 e. The predicted octanol–water partition coefficient (Wildman–Crippen LogP) is 2.52. The number of aromatic nitrogens is 2. The van der Waals surface area contributed by atoms with Crippen LogP contribution < -0.4 is 5.73 Å². The van der Waals surface area contributed by atoms with E-state index in [1.54, 1.807) is 6.20 Å². The molecule has 94 valence electrons. The molecule has 1 saturated heterocycles. The average Bonchev–Trinajstić information content (AvgIpc) is 2.77. The molecule has 1 spiro atoms. The van der Waals surface area contributed by atoms with Gasteiger partial charge >= 0.3 is 0 Å². The number of nitrogen functional groups attached to an aromatic ring is 1. The molecule has 2 aliphatic rings. The molecule has 2 N–H and O–H groups in total. The molecule has 1 aromatic rings. The molecule has 17 heavy (non-hydrogen) atoms. The highest BCUT2D eigenvalue weighted by molar-refractivity contribution is 5.30. The van der Waals surface area contributed by atoms with E-state index < -0.39 is 0 Å². The molecular formula is C13H21N3O. The number of hydrogen-bond acceptors (Lipinski definition) is 3. The van der Waals surface area contributed by atoms with Crippen molar-refractivity contribution in [1.29, 1.82) is 0 Å². The summed E-state index contributed by atoms with van der Waals surface area (Å²) in [7, 11) is 0. The first-order valence-corrected chi connectivity index (χ1v) is 6.71. The predicted molar refractivity (Wildman–Crippen MR) is 66.7 cm³/mol. The molecule has 1 atom stereocenters. The largest absolute Gasteiger partial charge is 0.396 e. The first-order chi connectivity index (χ1) is 8.27. The van der Waals surface area contributed by atoms with Crippen molar-refractivity contribution in [2.75, 3.05) is 12.3 Å². The number of hydrogen-bond donors (Lipinski definition) is 1. The Hall–Kier alpha value is -1.03. The molecule has 0 amide bonds. The molecule has 2 heterocycles. The van der Waals surface area contributed by atoms with Crippen LogP contribution in [0.2, 0.25) is 0 Å². The molecule has 0 radical (unpaired) electrons. The molecule has 0 bridgehead atoms. The van der Waals surface area contributed by atoms with Crippen LogP contribution in [0, 0.1) is 0 Å². The van der Waals surface area contributed by atoms with Crippen LogP contribution in [0.4, 0.5) is 5.69 Å². The molecule has 1 aromatic heterocycles. The summed E-state index contributed by atoms with van der Waals surface area (Å²) in [4.78, 5) is 0. The molecular weight excluding hydrogens is 214 g/mol. The topological polar surface area (TPSA) is 53.1 Å². The highest BCUT2D eigenvalue weighted by atomic mass is 16.5. The highest BCUT2D eigenvalue weighted by Gasteiger charge is 2.39. The third-order valence-electron chi connectivity index (χ3n) is 4.23. The second-order valence-corrected chi connectivity index (χ2v) is 5.49. The van der Waals surface area contributed by atoms with Gasteiger partial charge in [0.25, 0.3) is 0 Å². The quantitative estimate of drug-likeness (QED) is 0.813. The first kappa shape index (κ1) is 11.1. The van der Waals surface area contributed by atoms with E-state index in [1.165, 1.54) is 32.1 Å². The minimum absolute atomic E-state index is 0.141. The smallest absolute Gasteiger partial charge is 0.0719 e. The van der Waals surface area contributed by atoms with Gasteiger partial charge in [-0.1, -0.05) is 19.3 Å². The van der Waals surface area contributed by atoms with Crippen molar-refractivity contribution in [2.24, 2.45) is 0 Å². The second kappa shape index (κ2) is 4.33. The summed E-state index contributed by atoms with van der Waals surface area (Å²) in [6.07, 6.45) is 12.3. The monoisotopic (exact) mass is 235 g/mol. The van der Waals surface area contributed by atoms with Crippen molar-refractivity contribution < 1.29 is 4.74 Å². The van der Waals surface area contributed by atoms with Crippen LogP contribution in [0.1, 0.15) is 51.0 Å². The fraction of sp³-hybridized carbons (Fsp3) is 0.769. The summed E-state index contributed by atoms with van der Waals surface area (Å²) in [5.41, 5.74) is 6.64. The zero-order valence-electron chi connectivity index (χ0n) is 10.3. The number of nitrogens with zero attached hydrogens (tertiary/aromatic N) is 2. The average molecular weight is 235 g/mol. The maximum atomic E-state index is 6.09. The molecule has 1 aliphatic heterocycles. The van der Waals surface area contributed by atoms with Gasteiger partial charge in [-0.25, -0.2) is 0 Å². The van der Waals surface area contributed by atoms with Gasteiger partial charge in [-0.2, -0.15) is 5.10 Å².